The van der Waals surface area contributed by atoms with Crippen LogP contribution in [-0.4, -0.2) is 27.6 Å². The van der Waals surface area contributed by atoms with E-state index in [2.05, 4.69) is 46.5 Å². The van der Waals surface area contributed by atoms with E-state index >= 15 is 0 Å². The largest absolute Gasteiger partial charge is 0.497 e. The second-order valence-corrected chi connectivity index (χ2v) is 8.21. The average molecular weight is 433 g/mol. The van der Waals surface area contributed by atoms with E-state index in [1.165, 1.54) is 5.56 Å². The molecule has 1 amide bonds. The highest BCUT2D eigenvalue weighted by Crippen LogP contribution is 2.25. The first-order chi connectivity index (χ1) is 15.0. The number of aromatic nitrogens is 3. The number of aryl methyl sites for hydroxylation is 2. The zero-order chi connectivity index (χ0) is 21.8. The first-order valence-electron chi connectivity index (χ1n) is 9.95. The Hall–Kier alpha value is -3.45. The number of hydrogen-bond donors (Lipinski definition) is 1. The minimum Gasteiger partial charge on any atom is -0.497 e. The number of carbonyl (C=O) groups is 1. The fraction of sp³-hybridized carbons (Fsp3) is 0.208. The van der Waals surface area contributed by atoms with E-state index in [0.717, 1.165) is 33.4 Å². The third kappa shape index (κ3) is 4.83. The second-order valence-electron chi connectivity index (χ2n) is 7.36. The number of methoxy groups -OCH3 is 1. The third-order valence-corrected chi connectivity index (χ3v) is 6.00. The minimum absolute atomic E-state index is 0.107. The highest BCUT2D eigenvalue weighted by Gasteiger charge is 2.21. The maximum absolute atomic E-state index is 12.9. The molecule has 0 saturated carbocycles. The second kappa shape index (κ2) is 9.14. The molecule has 2 aromatic carbocycles. The van der Waals surface area contributed by atoms with Crippen LogP contribution in [0.3, 0.4) is 0 Å². The van der Waals surface area contributed by atoms with E-state index in [4.69, 9.17) is 4.74 Å². The van der Waals surface area contributed by atoms with E-state index in [1.807, 2.05) is 47.5 Å². The van der Waals surface area contributed by atoms with Crippen LogP contribution in [0, 0.1) is 6.92 Å². The van der Waals surface area contributed by atoms with Gasteiger partial charge in [-0.15, -0.1) is 11.3 Å². The van der Waals surface area contributed by atoms with Crippen molar-refractivity contribution in [1.29, 1.82) is 0 Å². The van der Waals surface area contributed by atoms with Gasteiger partial charge in [0.2, 0.25) is 5.91 Å². The normalized spacial score (nSPS) is 11.8. The summed E-state index contributed by atoms with van der Waals surface area (Å²) in [4.78, 5) is 22.0. The Morgan fingerprint density at radius 2 is 1.90 bits per heavy atom. The van der Waals surface area contributed by atoms with Crippen LogP contribution in [0.25, 0.3) is 10.6 Å². The van der Waals surface area contributed by atoms with Crippen molar-refractivity contribution in [3.05, 3.63) is 88.9 Å². The van der Waals surface area contributed by atoms with Crippen LogP contribution in [0.1, 0.15) is 28.7 Å². The lowest BCUT2D eigenvalue weighted by Gasteiger charge is -2.19. The van der Waals surface area contributed by atoms with Crippen molar-refractivity contribution in [3.8, 4) is 16.3 Å². The number of imidazole rings is 1. The van der Waals surface area contributed by atoms with Gasteiger partial charge in [0.1, 0.15) is 22.6 Å². The quantitative estimate of drug-likeness (QED) is 0.473. The molecule has 6 nitrogen and oxygen atoms in total. The summed E-state index contributed by atoms with van der Waals surface area (Å²) in [6.45, 7) is 2.06. The molecular weight excluding hydrogens is 408 g/mol. The Kier molecular flexibility index (Phi) is 6.13. The van der Waals surface area contributed by atoms with Crippen LogP contribution >= 0.6 is 11.3 Å². The molecule has 7 heteroatoms. The summed E-state index contributed by atoms with van der Waals surface area (Å²) in [5.41, 5.74) is 3.96. The monoisotopic (exact) mass is 432 g/mol. The molecule has 0 radical (unpaired) electrons. The Morgan fingerprint density at radius 1 is 1.16 bits per heavy atom. The van der Waals surface area contributed by atoms with E-state index in [9.17, 15) is 4.79 Å². The Labute approximate surface area is 185 Å². The van der Waals surface area contributed by atoms with Gasteiger partial charge in [0.15, 0.2) is 0 Å². The molecule has 0 aliphatic rings. The van der Waals surface area contributed by atoms with Crippen LogP contribution in [0.15, 0.2) is 66.3 Å². The number of ether oxygens (including phenoxy) is 1. The number of rotatable bonds is 7. The number of nitrogens with one attached hydrogen (secondary N) is 1. The van der Waals surface area contributed by atoms with Gasteiger partial charge in [0.25, 0.3) is 0 Å². The summed E-state index contributed by atoms with van der Waals surface area (Å²) in [5.74, 6) is 1.42. The van der Waals surface area contributed by atoms with Crippen LogP contribution in [-0.2, 0) is 18.3 Å². The standard InChI is InChI=1S/C24H24N4O2S/c1-16-4-6-18(7-5-16)24-26-19(15-31-24)14-21(29)27-22(23-25-12-13-28(23)2)17-8-10-20(30-3)11-9-17/h4-13,15,22H,14H2,1-3H3,(H,27,29). The van der Waals surface area contributed by atoms with Crippen molar-refractivity contribution >= 4 is 17.2 Å². The number of amides is 1. The number of hydrogen-bond acceptors (Lipinski definition) is 5. The highest BCUT2D eigenvalue weighted by atomic mass is 32.1. The van der Waals surface area contributed by atoms with Gasteiger partial charge in [-0.1, -0.05) is 42.0 Å². The summed E-state index contributed by atoms with van der Waals surface area (Å²) in [6, 6.07) is 15.5. The molecule has 1 unspecified atom stereocenters. The summed E-state index contributed by atoms with van der Waals surface area (Å²) >= 11 is 1.55. The van der Waals surface area contributed by atoms with E-state index in [-0.39, 0.29) is 18.4 Å². The molecule has 0 fully saturated rings. The molecule has 2 aromatic heterocycles. The molecule has 0 bridgehead atoms. The van der Waals surface area contributed by atoms with Crippen molar-refractivity contribution in [2.24, 2.45) is 7.05 Å². The first kappa shape index (κ1) is 20.8. The maximum Gasteiger partial charge on any atom is 0.226 e. The van der Waals surface area contributed by atoms with Gasteiger partial charge < -0.3 is 14.6 Å². The predicted octanol–water partition coefficient (Wildman–Crippen LogP) is 4.31. The van der Waals surface area contributed by atoms with E-state index < -0.39 is 0 Å². The molecule has 0 saturated heterocycles. The zero-order valence-electron chi connectivity index (χ0n) is 17.7. The molecule has 31 heavy (non-hydrogen) atoms. The molecule has 4 rings (SSSR count). The number of carbonyl (C=O) groups excluding carboxylic acids is 1. The van der Waals surface area contributed by atoms with Crippen molar-refractivity contribution < 1.29 is 9.53 Å². The topological polar surface area (TPSA) is 69.0 Å². The average Bonchev–Trinajstić information content (AvgIpc) is 3.42. The smallest absolute Gasteiger partial charge is 0.226 e. The molecular formula is C24H24N4O2S. The molecule has 4 aromatic rings. The molecule has 2 heterocycles. The highest BCUT2D eigenvalue weighted by molar-refractivity contribution is 7.13. The SMILES string of the molecule is COc1ccc(C(NC(=O)Cc2csc(-c3ccc(C)cc3)n2)c2nccn2C)cc1. The summed E-state index contributed by atoms with van der Waals surface area (Å²) in [7, 11) is 3.55. The molecule has 0 spiro atoms. The van der Waals surface area contributed by atoms with E-state index in [1.54, 1.807) is 24.6 Å². The molecule has 1 atom stereocenters. The molecule has 0 aliphatic heterocycles. The number of thiazole rings is 1. The fourth-order valence-corrected chi connectivity index (χ4v) is 4.17. The Bertz CT molecular complexity index is 1160. The Balaban J connectivity index is 1.51. The lowest BCUT2D eigenvalue weighted by molar-refractivity contribution is -0.121. The van der Waals surface area contributed by atoms with E-state index in [0.29, 0.717) is 0 Å². The summed E-state index contributed by atoms with van der Waals surface area (Å²) < 4.78 is 7.16. The lowest BCUT2D eigenvalue weighted by Crippen LogP contribution is -2.32. The van der Waals surface area contributed by atoms with Crippen molar-refractivity contribution in [2.45, 2.75) is 19.4 Å². The summed E-state index contributed by atoms with van der Waals surface area (Å²) in [5, 5.41) is 5.98. The number of nitrogens with zero attached hydrogens (tertiary/aromatic N) is 3. The minimum atomic E-state index is -0.367. The van der Waals surface area contributed by atoms with Gasteiger partial charge in [-0.2, -0.15) is 0 Å². The van der Waals surface area contributed by atoms with Gasteiger partial charge in [-0.25, -0.2) is 9.97 Å². The van der Waals surface area contributed by atoms with Crippen LogP contribution in [0.2, 0.25) is 0 Å². The van der Waals surface area contributed by atoms with Gasteiger partial charge in [0.05, 0.1) is 19.2 Å². The predicted molar refractivity (Wildman–Crippen MR) is 122 cm³/mol. The molecule has 0 aliphatic carbocycles. The van der Waals surface area contributed by atoms with Crippen LogP contribution in [0.4, 0.5) is 0 Å². The van der Waals surface area contributed by atoms with Gasteiger partial charge in [0, 0.05) is 30.4 Å². The van der Waals surface area contributed by atoms with Crippen molar-refractivity contribution in [1.82, 2.24) is 19.9 Å². The third-order valence-electron chi connectivity index (χ3n) is 5.06. The van der Waals surface area contributed by atoms with Gasteiger partial charge in [-0.3, -0.25) is 4.79 Å². The van der Waals surface area contributed by atoms with Gasteiger partial charge in [-0.05, 0) is 24.6 Å². The van der Waals surface area contributed by atoms with Gasteiger partial charge >= 0.3 is 0 Å². The van der Waals surface area contributed by atoms with Crippen LogP contribution < -0.4 is 10.1 Å². The van der Waals surface area contributed by atoms with Crippen molar-refractivity contribution in [3.63, 3.8) is 0 Å². The Morgan fingerprint density at radius 3 is 2.55 bits per heavy atom. The fourth-order valence-electron chi connectivity index (χ4n) is 3.34. The number of benzene rings is 2. The lowest BCUT2D eigenvalue weighted by atomic mass is 10.1. The molecule has 1 N–H and O–H groups in total. The first-order valence-corrected chi connectivity index (χ1v) is 10.8. The maximum atomic E-state index is 12.9. The molecule has 158 valence electrons. The summed E-state index contributed by atoms with van der Waals surface area (Å²) in [6.07, 6.45) is 3.80. The van der Waals surface area contributed by atoms with Crippen LogP contribution in [0.5, 0.6) is 5.75 Å². The zero-order valence-corrected chi connectivity index (χ0v) is 18.5. The van der Waals surface area contributed by atoms with Crippen molar-refractivity contribution in [2.75, 3.05) is 7.11 Å².